The number of carbonyl (C=O) groups excluding carboxylic acids is 1. The number of aliphatic hydroxyl groups is 6. The third-order valence-corrected chi connectivity index (χ3v) is 12.3. The Morgan fingerprint density at radius 3 is 2.38 bits per heavy atom. The summed E-state index contributed by atoms with van der Waals surface area (Å²) in [4.78, 5) is 11.8. The van der Waals surface area contributed by atoms with E-state index < -0.39 is 64.9 Å². The van der Waals surface area contributed by atoms with Crippen LogP contribution in [0.2, 0.25) is 0 Å². The highest BCUT2D eigenvalue weighted by Gasteiger charge is 2.72. The molecule has 2 aliphatic heterocycles. The van der Waals surface area contributed by atoms with Crippen LogP contribution in [0.4, 0.5) is 0 Å². The van der Waals surface area contributed by atoms with E-state index in [-0.39, 0.29) is 30.3 Å². The molecule has 0 bridgehead atoms. The molecule has 6 aliphatic rings. The summed E-state index contributed by atoms with van der Waals surface area (Å²) >= 11 is 0. The Hall–Kier alpha value is -1.11. The first-order valence-corrected chi connectivity index (χ1v) is 14.6. The SMILES string of the molecule is C[C@H]1O[C@@H](O[C@H]2CC[C@]3(C)[C@H]4C[C@@H](O)[C@]5(C)[C@@H](C6=CC(=O)OC6)CC[C@]5(O)[C@@H]4CC[C@]3(O)C2)[C@H](O)[C@H](O)[C@H]1O. The molecule has 1 saturated heterocycles. The van der Waals surface area contributed by atoms with Crippen LogP contribution in [0.25, 0.3) is 0 Å². The highest BCUT2D eigenvalue weighted by molar-refractivity contribution is 5.85. The molecule has 0 spiro atoms. The van der Waals surface area contributed by atoms with Crippen LogP contribution in [0.1, 0.15) is 72.1 Å². The van der Waals surface area contributed by atoms with Gasteiger partial charge in [0.2, 0.25) is 0 Å². The molecule has 0 unspecified atom stereocenters. The Morgan fingerprint density at radius 2 is 1.69 bits per heavy atom. The van der Waals surface area contributed by atoms with Crippen molar-refractivity contribution in [1.82, 2.24) is 0 Å². The average molecular weight is 553 g/mol. The lowest BCUT2D eigenvalue weighted by Crippen LogP contribution is -2.70. The summed E-state index contributed by atoms with van der Waals surface area (Å²) in [5, 5.41) is 66.8. The zero-order chi connectivity index (χ0) is 28.1. The second-order valence-electron chi connectivity index (χ2n) is 13.8. The van der Waals surface area contributed by atoms with Gasteiger partial charge in [0.25, 0.3) is 0 Å². The predicted octanol–water partition coefficient (Wildman–Crippen LogP) is 0.542. The molecule has 0 amide bonds. The summed E-state index contributed by atoms with van der Waals surface area (Å²) in [6.45, 7) is 5.86. The van der Waals surface area contributed by atoms with Crippen LogP contribution in [0, 0.1) is 28.6 Å². The molecule has 4 saturated carbocycles. The van der Waals surface area contributed by atoms with Crippen LogP contribution in [-0.2, 0) is 19.0 Å². The van der Waals surface area contributed by atoms with E-state index in [0.717, 1.165) is 5.57 Å². The molecule has 10 heteroatoms. The summed E-state index contributed by atoms with van der Waals surface area (Å²) in [6, 6.07) is 0. The van der Waals surface area contributed by atoms with Crippen molar-refractivity contribution in [3.8, 4) is 0 Å². The van der Waals surface area contributed by atoms with Gasteiger partial charge in [0.15, 0.2) is 6.29 Å². The molecule has 39 heavy (non-hydrogen) atoms. The molecular formula is C29H44O10. The number of cyclic esters (lactones) is 1. The van der Waals surface area contributed by atoms with Gasteiger partial charge >= 0.3 is 5.97 Å². The molecule has 6 N–H and O–H groups in total. The number of aliphatic hydroxyl groups excluding tert-OH is 4. The quantitative estimate of drug-likeness (QED) is 0.215. The average Bonchev–Trinajstić information content (AvgIpc) is 3.43. The monoisotopic (exact) mass is 552 g/mol. The van der Waals surface area contributed by atoms with E-state index >= 15 is 0 Å². The van der Waals surface area contributed by atoms with Gasteiger partial charge in [0.1, 0.15) is 24.9 Å². The molecule has 0 radical (unpaired) electrons. The highest BCUT2D eigenvalue weighted by atomic mass is 16.7. The highest BCUT2D eigenvalue weighted by Crippen LogP contribution is 2.70. The molecule has 0 aromatic heterocycles. The minimum Gasteiger partial charge on any atom is -0.458 e. The number of fused-ring (bicyclic) bond motifs is 5. The summed E-state index contributed by atoms with van der Waals surface area (Å²) < 4.78 is 16.9. The van der Waals surface area contributed by atoms with Crippen molar-refractivity contribution in [2.75, 3.05) is 6.61 Å². The topological polar surface area (TPSA) is 166 Å². The van der Waals surface area contributed by atoms with Crippen molar-refractivity contribution in [3.05, 3.63) is 11.6 Å². The van der Waals surface area contributed by atoms with E-state index in [1.165, 1.54) is 6.08 Å². The number of carbonyl (C=O) groups is 1. The van der Waals surface area contributed by atoms with E-state index in [1.807, 2.05) is 6.92 Å². The summed E-state index contributed by atoms with van der Waals surface area (Å²) in [7, 11) is 0. The van der Waals surface area contributed by atoms with Crippen LogP contribution in [0.5, 0.6) is 0 Å². The number of esters is 1. The van der Waals surface area contributed by atoms with Crippen molar-refractivity contribution in [3.63, 3.8) is 0 Å². The maximum Gasteiger partial charge on any atom is 0.331 e. The van der Waals surface area contributed by atoms with Crippen molar-refractivity contribution in [1.29, 1.82) is 0 Å². The van der Waals surface area contributed by atoms with E-state index in [9.17, 15) is 35.4 Å². The minimum absolute atomic E-state index is 0.0988. The maximum atomic E-state index is 12.4. The number of ether oxygens (including phenoxy) is 3. The summed E-state index contributed by atoms with van der Waals surface area (Å²) in [5.41, 5.74) is -2.75. The van der Waals surface area contributed by atoms with Gasteiger partial charge < -0.3 is 44.8 Å². The zero-order valence-corrected chi connectivity index (χ0v) is 23.0. The van der Waals surface area contributed by atoms with Gasteiger partial charge in [-0.2, -0.15) is 0 Å². The van der Waals surface area contributed by atoms with Crippen molar-refractivity contribution >= 4 is 5.97 Å². The fourth-order valence-corrected chi connectivity index (χ4v) is 9.78. The third kappa shape index (κ3) is 3.79. The standard InChI is InChI=1S/C29H44O10/c1-14-22(32)23(33)24(34)25(38-14)39-16-4-7-26(2)19-11-20(30)27(3)17(15-10-21(31)37-13-15)6-9-29(27,36)18(19)5-8-28(26,35)12-16/h10,14,16-20,22-25,30,32-36H,4-9,11-13H2,1-3H3/t14-,16+,17-,18-,19+,20-,22+,23-,24-,25+,26-,27+,28+,29+/m1/s1. The first-order chi connectivity index (χ1) is 18.2. The molecule has 4 aliphatic carbocycles. The Morgan fingerprint density at radius 1 is 0.949 bits per heavy atom. The second-order valence-corrected chi connectivity index (χ2v) is 13.8. The lowest BCUT2D eigenvalue weighted by molar-refractivity contribution is -0.321. The van der Waals surface area contributed by atoms with Crippen LogP contribution in [-0.4, -0.2) is 97.3 Å². The van der Waals surface area contributed by atoms with Gasteiger partial charge in [0, 0.05) is 17.9 Å². The normalized spacial score (nSPS) is 57.3. The Bertz CT molecular complexity index is 1030. The van der Waals surface area contributed by atoms with Gasteiger partial charge in [-0.25, -0.2) is 4.79 Å². The van der Waals surface area contributed by atoms with E-state index in [0.29, 0.717) is 51.4 Å². The van der Waals surface area contributed by atoms with Crippen molar-refractivity contribution < 1.29 is 49.6 Å². The predicted molar refractivity (Wildman–Crippen MR) is 136 cm³/mol. The molecular weight excluding hydrogens is 508 g/mol. The molecule has 14 atom stereocenters. The smallest absolute Gasteiger partial charge is 0.331 e. The molecule has 5 fully saturated rings. The molecule has 6 rings (SSSR count). The van der Waals surface area contributed by atoms with Gasteiger partial charge in [-0.3, -0.25) is 0 Å². The van der Waals surface area contributed by atoms with Gasteiger partial charge in [0.05, 0.1) is 29.5 Å². The number of rotatable bonds is 3. The molecule has 0 aromatic carbocycles. The van der Waals surface area contributed by atoms with Gasteiger partial charge in [-0.1, -0.05) is 13.8 Å². The molecule has 220 valence electrons. The Kier molecular flexibility index (Phi) is 6.61. The Balaban J connectivity index is 1.22. The molecule has 10 nitrogen and oxygen atoms in total. The lowest BCUT2D eigenvalue weighted by atomic mass is 9.41. The summed E-state index contributed by atoms with van der Waals surface area (Å²) in [5.74, 6) is -0.709. The lowest BCUT2D eigenvalue weighted by Gasteiger charge is -2.67. The number of hydrogen-bond acceptors (Lipinski definition) is 10. The summed E-state index contributed by atoms with van der Waals surface area (Å²) in [6.07, 6.45) is -1.27. The van der Waals surface area contributed by atoms with Gasteiger partial charge in [-0.05, 0) is 80.6 Å². The largest absolute Gasteiger partial charge is 0.458 e. The van der Waals surface area contributed by atoms with Crippen LogP contribution >= 0.6 is 0 Å². The fraction of sp³-hybridized carbons (Fsp3) is 0.897. The van der Waals surface area contributed by atoms with Crippen LogP contribution < -0.4 is 0 Å². The fourth-order valence-electron chi connectivity index (χ4n) is 9.78. The van der Waals surface area contributed by atoms with E-state index in [4.69, 9.17) is 14.2 Å². The van der Waals surface area contributed by atoms with E-state index in [2.05, 4.69) is 6.92 Å². The molecule has 2 heterocycles. The van der Waals surface area contributed by atoms with Gasteiger partial charge in [-0.15, -0.1) is 0 Å². The Labute approximate surface area is 229 Å². The first-order valence-electron chi connectivity index (χ1n) is 14.6. The molecule has 0 aromatic rings. The zero-order valence-electron chi connectivity index (χ0n) is 23.0. The van der Waals surface area contributed by atoms with Crippen LogP contribution in [0.3, 0.4) is 0 Å². The maximum absolute atomic E-state index is 12.4. The third-order valence-electron chi connectivity index (χ3n) is 12.3. The first kappa shape index (κ1) is 28.0. The number of hydrogen-bond donors (Lipinski definition) is 6. The van der Waals surface area contributed by atoms with Crippen molar-refractivity contribution in [2.45, 2.75) is 126 Å². The van der Waals surface area contributed by atoms with Crippen LogP contribution in [0.15, 0.2) is 11.6 Å². The minimum atomic E-state index is -1.40. The van der Waals surface area contributed by atoms with E-state index in [1.54, 1.807) is 6.92 Å². The second kappa shape index (κ2) is 9.19. The van der Waals surface area contributed by atoms with Crippen molar-refractivity contribution in [2.24, 2.45) is 28.6 Å².